The van der Waals surface area contributed by atoms with Gasteiger partial charge in [0.05, 0.1) is 5.02 Å². The minimum absolute atomic E-state index is 0.170. The number of rotatable bonds is 4. The van der Waals surface area contributed by atoms with E-state index in [4.69, 9.17) is 11.6 Å². The molecule has 0 amide bonds. The van der Waals surface area contributed by atoms with E-state index >= 15 is 0 Å². The predicted octanol–water partition coefficient (Wildman–Crippen LogP) is 4.16. The van der Waals surface area contributed by atoms with Crippen LogP contribution in [0.3, 0.4) is 0 Å². The highest BCUT2D eigenvalue weighted by atomic mass is 35.5. The van der Waals surface area contributed by atoms with Crippen molar-refractivity contribution in [3.63, 3.8) is 0 Å². The highest BCUT2D eigenvalue weighted by Gasteiger charge is 2.21. The van der Waals surface area contributed by atoms with Crippen LogP contribution in [-0.2, 0) is 4.79 Å². The molecule has 0 bridgehead atoms. The van der Waals surface area contributed by atoms with Gasteiger partial charge < -0.3 is 10.4 Å². The van der Waals surface area contributed by atoms with Gasteiger partial charge in [-0.05, 0) is 48.4 Å². The maximum absolute atomic E-state index is 13.3. The Morgan fingerprint density at radius 3 is 2.52 bits per heavy atom. The molecule has 0 spiro atoms. The second kappa shape index (κ2) is 6.10. The molecule has 0 saturated heterocycles. The molecule has 2 N–H and O–H groups in total. The summed E-state index contributed by atoms with van der Waals surface area (Å²) in [7, 11) is 0. The maximum atomic E-state index is 13.3. The monoisotopic (exact) mass is 311 g/mol. The van der Waals surface area contributed by atoms with E-state index in [0.29, 0.717) is 11.3 Å². The lowest BCUT2D eigenvalue weighted by Crippen LogP contribution is -2.20. The van der Waals surface area contributed by atoms with Gasteiger partial charge in [-0.1, -0.05) is 17.7 Å². The molecule has 0 aromatic heterocycles. The lowest BCUT2D eigenvalue weighted by molar-refractivity contribution is -0.138. The second-order valence-corrected chi connectivity index (χ2v) is 5.01. The fourth-order valence-corrected chi connectivity index (χ4v) is 2.15. The van der Waals surface area contributed by atoms with Gasteiger partial charge in [-0.25, -0.2) is 13.6 Å². The fraction of sp³-hybridized carbons (Fsp3) is 0.133. The second-order valence-electron chi connectivity index (χ2n) is 4.61. The molecule has 2 aromatic carbocycles. The van der Waals surface area contributed by atoms with Gasteiger partial charge in [-0.3, -0.25) is 0 Å². The first-order valence-corrected chi connectivity index (χ1v) is 6.46. The lowest BCUT2D eigenvalue weighted by atomic mass is 10.1. The molecule has 0 fully saturated rings. The number of carbonyl (C=O) groups is 1. The van der Waals surface area contributed by atoms with Crippen molar-refractivity contribution in [1.82, 2.24) is 0 Å². The largest absolute Gasteiger partial charge is 0.479 e. The zero-order valence-electron chi connectivity index (χ0n) is 11.0. The van der Waals surface area contributed by atoms with E-state index in [1.54, 1.807) is 13.0 Å². The number of nitrogens with one attached hydrogen (secondary N) is 1. The third-order valence-electron chi connectivity index (χ3n) is 2.88. The summed E-state index contributed by atoms with van der Waals surface area (Å²) >= 11 is 5.66. The number of hydrogen-bond donors (Lipinski definition) is 2. The zero-order valence-corrected chi connectivity index (χ0v) is 11.8. The molecule has 0 radical (unpaired) electrons. The number of benzene rings is 2. The number of carboxylic acids is 1. The smallest absolute Gasteiger partial charge is 0.330 e. The SMILES string of the molecule is Cc1cc(F)cc(NC(C(=O)O)c2ccc(F)c(Cl)c2)c1. The first-order valence-electron chi connectivity index (χ1n) is 6.08. The van der Waals surface area contributed by atoms with Crippen molar-refractivity contribution in [2.24, 2.45) is 0 Å². The van der Waals surface area contributed by atoms with Crippen molar-refractivity contribution in [2.45, 2.75) is 13.0 Å². The first kappa shape index (κ1) is 15.3. The highest BCUT2D eigenvalue weighted by Crippen LogP contribution is 2.25. The average Bonchev–Trinajstić information content (AvgIpc) is 2.38. The van der Waals surface area contributed by atoms with Crippen LogP contribution in [0.15, 0.2) is 36.4 Å². The summed E-state index contributed by atoms with van der Waals surface area (Å²) in [6, 6.07) is 6.61. The van der Waals surface area contributed by atoms with Crippen molar-refractivity contribution in [3.8, 4) is 0 Å². The molecule has 1 unspecified atom stereocenters. The molecule has 2 rings (SSSR count). The Morgan fingerprint density at radius 1 is 1.24 bits per heavy atom. The summed E-state index contributed by atoms with van der Waals surface area (Å²) in [6.45, 7) is 1.69. The molecule has 0 aliphatic carbocycles. The topological polar surface area (TPSA) is 49.3 Å². The summed E-state index contributed by atoms with van der Waals surface area (Å²) in [5.74, 6) is -2.29. The Balaban J connectivity index is 2.35. The van der Waals surface area contributed by atoms with Crippen LogP contribution in [0.1, 0.15) is 17.2 Å². The predicted molar refractivity (Wildman–Crippen MR) is 76.5 cm³/mol. The number of carboxylic acid groups (broad SMARTS) is 1. The summed E-state index contributed by atoms with van der Waals surface area (Å²) < 4.78 is 26.5. The molecule has 110 valence electrons. The van der Waals surface area contributed by atoms with Crippen LogP contribution in [0.25, 0.3) is 0 Å². The van der Waals surface area contributed by atoms with E-state index in [0.717, 1.165) is 6.07 Å². The van der Waals surface area contributed by atoms with Crippen molar-refractivity contribution >= 4 is 23.3 Å². The normalized spacial score (nSPS) is 12.0. The van der Waals surface area contributed by atoms with Crippen LogP contribution in [0, 0.1) is 18.6 Å². The minimum Gasteiger partial charge on any atom is -0.479 e. The third kappa shape index (κ3) is 3.70. The van der Waals surface area contributed by atoms with Gasteiger partial charge in [0.15, 0.2) is 6.04 Å². The highest BCUT2D eigenvalue weighted by molar-refractivity contribution is 6.30. The van der Waals surface area contributed by atoms with Crippen molar-refractivity contribution in [2.75, 3.05) is 5.32 Å². The zero-order chi connectivity index (χ0) is 15.6. The van der Waals surface area contributed by atoms with Crippen LogP contribution in [0.2, 0.25) is 5.02 Å². The first-order chi connectivity index (χ1) is 9.86. The van der Waals surface area contributed by atoms with Gasteiger partial charge in [-0.2, -0.15) is 0 Å². The molecule has 1 atom stereocenters. The molecular formula is C15H12ClF2NO2. The number of aliphatic carboxylic acids is 1. The van der Waals surface area contributed by atoms with E-state index in [2.05, 4.69) is 5.32 Å². The van der Waals surface area contributed by atoms with E-state index in [-0.39, 0.29) is 10.6 Å². The minimum atomic E-state index is -1.18. The molecule has 0 aliphatic rings. The Morgan fingerprint density at radius 2 is 1.95 bits per heavy atom. The van der Waals surface area contributed by atoms with Crippen LogP contribution in [-0.4, -0.2) is 11.1 Å². The molecule has 3 nitrogen and oxygen atoms in total. The summed E-state index contributed by atoms with van der Waals surface area (Å²) in [6.07, 6.45) is 0. The van der Waals surface area contributed by atoms with Crippen LogP contribution < -0.4 is 5.32 Å². The average molecular weight is 312 g/mol. The van der Waals surface area contributed by atoms with Gasteiger partial charge >= 0.3 is 5.97 Å². The number of aryl methyl sites for hydroxylation is 1. The molecule has 6 heteroatoms. The number of anilines is 1. The Kier molecular flexibility index (Phi) is 4.43. The van der Waals surface area contributed by atoms with Crippen molar-refractivity contribution in [1.29, 1.82) is 0 Å². The van der Waals surface area contributed by atoms with Crippen LogP contribution >= 0.6 is 11.6 Å². The van der Waals surface area contributed by atoms with Gasteiger partial charge in [0.1, 0.15) is 11.6 Å². The molecular weight excluding hydrogens is 300 g/mol. The maximum Gasteiger partial charge on any atom is 0.330 e. The van der Waals surface area contributed by atoms with Gasteiger partial charge in [0, 0.05) is 5.69 Å². The van der Waals surface area contributed by atoms with E-state index in [1.807, 2.05) is 0 Å². The van der Waals surface area contributed by atoms with Crippen molar-refractivity contribution in [3.05, 3.63) is 64.2 Å². The Bertz CT molecular complexity index is 671. The molecule has 0 heterocycles. The summed E-state index contributed by atoms with van der Waals surface area (Å²) in [5, 5.41) is 11.8. The number of hydrogen-bond acceptors (Lipinski definition) is 2. The van der Waals surface area contributed by atoms with E-state index in [9.17, 15) is 18.7 Å². The standard InChI is InChI=1S/C15H12ClF2NO2/c1-8-4-10(17)7-11(5-8)19-14(15(20)21)9-2-3-13(18)12(16)6-9/h2-7,14,19H,1H3,(H,20,21). The molecule has 0 aliphatic heterocycles. The quantitative estimate of drug-likeness (QED) is 0.891. The van der Waals surface area contributed by atoms with Gasteiger partial charge in [0.25, 0.3) is 0 Å². The molecule has 21 heavy (non-hydrogen) atoms. The summed E-state index contributed by atoms with van der Waals surface area (Å²) in [4.78, 5) is 11.4. The molecule has 2 aromatic rings. The lowest BCUT2D eigenvalue weighted by Gasteiger charge is -2.17. The summed E-state index contributed by atoms with van der Waals surface area (Å²) in [5.41, 5.74) is 1.25. The van der Waals surface area contributed by atoms with E-state index < -0.39 is 23.6 Å². The van der Waals surface area contributed by atoms with Crippen LogP contribution in [0.4, 0.5) is 14.5 Å². The Hall–Kier alpha value is -2.14. The third-order valence-corrected chi connectivity index (χ3v) is 3.17. The van der Waals surface area contributed by atoms with Crippen molar-refractivity contribution < 1.29 is 18.7 Å². The number of halogens is 3. The van der Waals surface area contributed by atoms with Crippen LogP contribution in [0.5, 0.6) is 0 Å². The Labute approximate surface area is 125 Å². The van der Waals surface area contributed by atoms with Gasteiger partial charge in [-0.15, -0.1) is 0 Å². The fourth-order valence-electron chi connectivity index (χ4n) is 1.97. The molecule has 0 saturated carbocycles. The van der Waals surface area contributed by atoms with E-state index in [1.165, 1.54) is 24.3 Å². The van der Waals surface area contributed by atoms with Gasteiger partial charge in [0.2, 0.25) is 0 Å².